The highest BCUT2D eigenvalue weighted by Crippen LogP contribution is 2.20. The number of rotatable bonds is 5. The molecule has 16 heavy (non-hydrogen) atoms. The average Bonchev–Trinajstić information content (AvgIpc) is 2.35. The summed E-state index contributed by atoms with van der Waals surface area (Å²) in [6, 6.07) is 10.2. The smallest absolute Gasteiger partial charge is 0.223 e. The first kappa shape index (κ1) is 12.5. The number of hydrogen-bond acceptors (Lipinski definition) is 1. The molecule has 2 nitrogen and oxygen atoms in total. The molecule has 0 aliphatic rings. The summed E-state index contributed by atoms with van der Waals surface area (Å²) in [6.07, 6.45) is 2.30. The highest BCUT2D eigenvalue weighted by atomic mass is 16.2. The first-order chi connectivity index (χ1) is 7.70. The van der Waals surface area contributed by atoms with E-state index in [2.05, 4.69) is 6.58 Å². The van der Waals surface area contributed by atoms with Crippen molar-refractivity contribution in [3.05, 3.63) is 48.6 Å². The molecule has 0 unspecified atom stereocenters. The molecule has 1 aromatic rings. The molecule has 0 spiro atoms. The molecule has 0 aliphatic carbocycles. The van der Waals surface area contributed by atoms with Crippen LogP contribution in [-0.4, -0.2) is 17.4 Å². The Hall–Kier alpha value is -1.57. The second kappa shape index (κ2) is 6.11. The van der Waals surface area contributed by atoms with Crippen molar-refractivity contribution in [3.63, 3.8) is 0 Å². The summed E-state index contributed by atoms with van der Waals surface area (Å²) in [5.41, 5.74) is 1.16. The number of benzene rings is 1. The van der Waals surface area contributed by atoms with Crippen molar-refractivity contribution in [3.8, 4) is 0 Å². The van der Waals surface area contributed by atoms with Crippen molar-refractivity contribution < 1.29 is 4.79 Å². The lowest BCUT2D eigenvalue weighted by atomic mass is 10.1. The normalized spacial score (nSPS) is 11.9. The molecule has 0 aliphatic heterocycles. The number of hydrogen-bond donors (Lipinski definition) is 0. The maximum atomic E-state index is 11.8. The summed E-state index contributed by atoms with van der Waals surface area (Å²) in [5.74, 6) is 0.163. The van der Waals surface area contributed by atoms with Crippen LogP contribution in [0.3, 0.4) is 0 Å². The van der Waals surface area contributed by atoms with Crippen LogP contribution in [0.4, 0.5) is 0 Å². The SMILES string of the molecule is C=CCN(C(=O)CC)[C@@H](C)c1ccccc1. The molecule has 1 rings (SSSR count). The van der Waals surface area contributed by atoms with E-state index in [9.17, 15) is 4.79 Å². The molecular formula is C14H19NO. The van der Waals surface area contributed by atoms with E-state index in [1.165, 1.54) is 0 Å². The third-order valence-corrected chi connectivity index (χ3v) is 2.70. The van der Waals surface area contributed by atoms with Crippen LogP contribution in [-0.2, 0) is 4.79 Å². The standard InChI is InChI=1S/C14H19NO/c1-4-11-15(14(16)5-2)12(3)13-9-7-6-8-10-13/h4,6-10,12H,1,5,11H2,2-3H3/t12-/m0/s1. The molecule has 0 fully saturated rings. The minimum atomic E-state index is 0.103. The predicted octanol–water partition coefficient (Wildman–Crippen LogP) is 3.17. The summed E-state index contributed by atoms with van der Waals surface area (Å²) in [6.45, 7) is 8.23. The van der Waals surface area contributed by atoms with Crippen LogP contribution in [0.25, 0.3) is 0 Å². The number of carbonyl (C=O) groups is 1. The largest absolute Gasteiger partial charge is 0.332 e. The Morgan fingerprint density at radius 2 is 2.06 bits per heavy atom. The highest BCUT2D eigenvalue weighted by Gasteiger charge is 2.18. The van der Waals surface area contributed by atoms with Gasteiger partial charge >= 0.3 is 0 Å². The Morgan fingerprint density at radius 1 is 1.44 bits per heavy atom. The van der Waals surface area contributed by atoms with Crippen LogP contribution in [0.5, 0.6) is 0 Å². The van der Waals surface area contributed by atoms with Crippen LogP contribution in [0.2, 0.25) is 0 Å². The van der Waals surface area contributed by atoms with Gasteiger partial charge in [-0.1, -0.05) is 43.3 Å². The molecule has 0 N–H and O–H groups in total. The van der Waals surface area contributed by atoms with Crippen molar-refractivity contribution in [2.24, 2.45) is 0 Å². The zero-order chi connectivity index (χ0) is 12.0. The second-order valence-electron chi connectivity index (χ2n) is 3.77. The lowest BCUT2D eigenvalue weighted by Gasteiger charge is -2.28. The van der Waals surface area contributed by atoms with Gasteiger partial charge in [-0.15, -0.1) is 6.58 Å². The molecule has 1 atom stereocenters. The van der Waals surface area contributed by atoms with Gasteiger partial charge in [-0.3, -0.25) is 4.79 Å². The van der Waals surface area contributed by atoms with E-state index in [1.807, 2.05) is 49.1 Å². The highest BCUT2D eigenvalue weighted by molar-refractivity contribution is 5.76. The first-order valence-electron chi connectivity index (χ1n) is 5.66. The van der Waals surface area contributed by atoms with Gasteiger partial charge in [-0.2, -0.15) is 0 Å². The van der Waals surface area contributed by atoms with Gasteiger partial charge in [0.1, 0.15) is 0 Å². The van der Waals surface area contributed by atoms with Crippen molar-refractivity contribution in [2.45, 2.75) is 26.3 Å². The monoisotopic (exact) mass is 217 g/mol. The Labute approximate surface area is 97.6 Å². The molecule has 1 aromatic carbocycles. The Morgan fingerprint density at radius 3 is 2.56 bits per heavy atom. The quantitative estimate of drug-likeness (QED) is 0.694. The maximum Gasteiger partial charge on any atom is 0.223 e. The van der Waals surface area contributed by atoms with Crippen molar-refractivity contribution in [2.75, 3.05) is 6.54 Å². The lowest BCUT2D eigenvalue weighted by Crippen LogP contribution is -2.33. The fourth-order valence-electron chi connectivity index (χ4n) is 1.73. The van der Waals surface area contributed by atoms with Gasteiger partial charge in [0.05, 0.1) is 6.04 Å². The maximum absolute atomic E-state index is 11.8. The van der Waals surface area contributed by atoms with E-state index in [0.717, 1.165) is 5.56 Å². The van der Waals surface area contributed by atoms with Crippen molar-refractivity contribution in [1.29, 1.82) is 0 Å². The molecule has 1 amide bonds. The van der Waals surface area contributed by atoms with Gasteiger partial charge in [-0.05, 0) is 12.5 Å². The Bertz CT molecular complexity index is 345. The summed E-state index contributed by atoms with van der Waals surface area (Å²) in [4.78, 5) is 13.6. The van der Waals surface area contributed by atoms with E-state index in [4.69, 9.17) is 0 Å². The minimum Gasteiger partial charge on any atom is -0.332 e. The van der Waals surface area contributed by atoms with Gasteiger partial charge in [0.25, 0.3) is 0 Å². The molecule has 0 bridgehead atoms. The molecule has 0 radical (unpaired) electrons. The topological polar surface area (TPSA) is 20.3 Å². The number of amides is 1. The minimum absolute atomic E-state index is 0.103. The zero-order valence-corrected chi connectivity index (χ0v) is 10.0. The number of carbonyl (C=O) groups excluding carboxylic acids is 1. The van der Waals surface area contributed by atoms with E-state index in [0.29, 0.717) is 13.0 Å². The predicted molar refractivity (Wildman–Crippen MR) is 67.1 cm³/mol. The lowest BCUT2D eigenvalue weighted by molar-refractivity contribution is -0.132. The van der Waals surface area contributed by atoms with Crippen LogP contribution in [0, 0.1) is 0 Å². The fourth-order valence-corrected chi connectivity index (χ4v) is 1.73. The molecule has 0 heterocycles. The summed E-state index contributed by atoms with van der Waals surface area (Å²) >= 11 is 0. The molecule has 0 saturated carbocycles. The van der Waals surface area contributed by atoms with Crippen LogP contribution in [0.15, 0.2) is 43.0 Å². The van der Waals surface area contributed by atoms with Crippen molar-refractivity contribution >= 4 is 5.91 Å². The van der Waals surface area contributed by atoms with Gasteiger partial charge in [0.2, 0.25) is 5.91 Å². The van der Waals surface area contributed by atoms with Crippen molar-refractivity contribution in [1.82, 2.24) is 4.90 Å². The Kier molecular flexibility index (Phi) is 4.77. The molecule has 0 saturated heterocycles. The molecule has 86 valence electrons. The van der Waals surface area contributed by atoms with Crippen LogP contribution >= 0.6 is 0 Å². The average molecular weight is 217 g/mol. The van der Waals surface area contributed by atoms with E-state index in [1.54, 1.807) is 6.08 Å². The summed E-state index contributed by atoms with van der Waals surface area (Å²) < 4.78 is 0. The van der Waals surface area contributed by atoms with E-state index >= 15 is 0 Å². The van der Waals surface area contributed by atoms with E-state index in [-0.39, 0.29) is 11.9 Å². The number of nitrogens with zero attached hydrogens (tertiary/aromatic N) is 1. The van der Waals surface area contributed by atoms with E-state index < -0.39 is 0 Å². The van der Waals surface area contributed by atoms with Gasteiger partial charge in [0, 0.05) is 13.0 Å². The Balaban J connectivity index is 2.86. The molecule has 2 heteroatoms. The summed E-state index contributed by atoms with van der Waals surface area (Å²) in [7, 11) is 0. The molecule has 0 aromatic heterocycles. The third-order valence-electron chi connectivity index (χ3n) is 2.70. The molecular weight excluding hydrogens is 198 g/mol. The third kappa shape index (κ3) is 2.96. The fraction of sp³-hybridized carbons (Fsp3) is 0.357. The zero-order valence-electron chi connectivity index (χ0n) is 10.0. The second-order valence-corrected chi connectivity index (χ2v) is 3.77. The first-order valence-corrected chi connectivity index (χ1v) is 5.66. The van der Waals surface area contributed by atoms with Crippen LogP contribution in [0.1, 0.15) is 31.9 Å². The van der Waals surface area contributed by atoms with Gasteiger partial charge in [-0.25, -0.2) is 0 Å². The van der Waals surface area contributed by atoms with Gasteiger partial charge in [0.15, 0.2) is 0 Å². The summed E-state index contributed by atoms with van der Waals surface area (Å²) in [5, 5.41) is 0. The van der Waals surface area contributed by atoms with Gasteiger partial charge < -0.3 is 4.90 Å². The van der Waals surface area contributed by atoms with Crippen LogP contribution < -0.4 is 0 Å².